The predicted molar refractivity (Wildman–Crippen MR) is 120 cm³/mol. The highest BCUT2D eigenvalue weighted by molar-refractivity contribution is 5.74. The molecule has 0 spiro atoms. The zero-order valence-electron chi connectivity index (χ0n) is 18.5. The van der Waals surface area contributed by atoms with Gasteiger partial charge in [-0.25, -0.2) is 18.9 Å². The fourth-order valence-corrected chi connectivity index (χ4v) is 3.76. The van der Waals surface area contributed by atoms with Crippen molar-refractivity contribution in [3.05, 3.63) is 65.5 Å². The highest BCUT2D eigenvalue weighted by Crippen LogP contribution is 2.28. The normalized spacial score (nSPS) is 13.9. The third-order valence-corrected chi connectivity index (χ3v) is 5.59. The van der Waals surface area contributed by atoms with Crippen LogP contribution < -0.4 is 15.0 Å². The fourth-order valence-electron chi connectivity index (χ4n) is 3.76. The highest BCUT2D eigenvalue weighted by atomic mass is 19.1. The summed E-state index contributed by atoms with van der Waals surface area (Å²) in [5.74, 6) is 1.09. The van der Waals surface area contributed by atoms with Crippen molar-refractivity contribution in [2.75, 3.05) is 38.2 Å². The highest BCUT2D eigenvalue weighted by Gasteiger charge is 2.22. The SMILES string of the molecule is COc1cc(N2CCN(C(=O)NCc3ccc(C)cc3F)CC2)ccc1-n1cnc(C)n1. The number of ether oxygens (including phenoxy) is 1. The number of benzene rings is 2. The molecule has 2 amide bonds. The number of carbonyl (C=O) groups excluding carboxylic acids is 1. The molecule has 32 heavy (non-hydrogen) atoms. The number of halogens is 1. The Hall–Kier alpha value is -3.62. The Bertz CT molecular complexity index is 1110. The van der Waals surface area contributed by atoms with Gasteiger partial charge in [0, 0.05) is 50.0 Å². The molecular weight excluding hydrogens is 411 g/mol. The number of amides is 2. The number of hydrogen-bond donors (Lipinski definition) is 1. The molecule has 0 radical (unpaired) electrons. The van der Waals surface area contributed by atoms with Crippen molar-refractivity contribution in [3.63, 3.8) is 0 Å². The number of nitrogens with zero attached hydrogens (tertiary/aromatic N) is 5. The summed E-state index contributed by atoms with van der Waals surface area (Å²) in [5.41, 5.74) is 3.18. The number of piperazine rings is 1. The second-order valence-electron chi connectivity index (χ2n) is 7.82. The molecule has 1 fully saturated rings. The van der Waals surface area contributed by atoms with Crippen LogP contribution in [-0.4, -0.2) is 59.0 Å². The lowest BCUT2D eigenvalue weighted by Gasteiger charge is -2.36. The summed E-state index contributed by atoms with van der Waals surface area (Å²) in [7, 11) is 1.63. The van der Waals surface area contributed by atoms with Crippen LogP contribution in [0.3, 0.4) is 0 Å². The number of aromatic nitrogens is 3. The minimum absolute atomic E-state index is 0.172. The van der Waals surface area contributed by atoms with Crippen LogP contribution in [0.5, 0.6) is 5.75 Å². The quantitative estimate of drug-likeness (QED) is 0.663. The van der Waals surface area contributed by atoms with Gasteiger partial charge in [0.25, 0.3) is 0 Å². The van der Waals surface area contributed by atoms with Crippen molar-refractivity contribution >= 4 is 11.7 Å². The van der Waals surface area contributed by atoms with E-state index in [1.807, 2.05) is 38.1 Å². The standard InChI is InChI=1S/C23H27FN6O2/c1-16-4-5-18(20(24)12-16)14-25-23(31)29-10-8-28(9-11-29)19-6-7-21(22(13-19)32-3)30-15-26-17(2)27-30/h4-7,12-13,15H,8-11,14H2,1-3H3,(H,25,31). The van der Waals surface area contributed by atoms with Crippen LogP contribution in [0.2, 0.25) is 0 Å². The van der Waals surface area contributed by atoms with Crippen molar-refractivity contribution < 1.29 is 13.9 Å². The second kappa shape index (κ2) is 9.25. The van der Waals surface area contributed by atoms with Gasteiger partial charge < -0.3 is 19.9 Å². The van der Waals surface area contributed by atoms with Crippen LogP contribution in [0.15, 0.2) is 42.7 Å². The number of hydrogen-bond acceptors (Lipinski definition) is 5. The minimum Gasteiger partial charge on any atom is -0.494 e. The lowest BCUT2D eigenvalue weighted by atomic mass is 10.1. The van der Waals surface area contributed by atoms with Crippen molar-refractivity contribution in [2.45, 2.75) is 20.4 Å². The van der Waals surface area contributed by atoms with Gasteiger partial charge in [0.2, 0.25) is 0 Å². The number of aryl methyl sites for hydroxylation is 2. The Kier molecular flexibility index (Phi) is 6.25. The molecule has 168 valence electrons. The molecule has 0 aliphatic carbocycles. The summed E-state index contributed by atoms with van der Waals surface area (Å²) in [6, 6.07) is 10.8. The van der Waals surface area contributed by atoms with E-state index in [0.717, 1.165) is 16.9 Å². The molecule has 2 heterocycles. The van der Waals surface area contributed by atoms with Crippen LogP contribution in [0.1, 0.15) is 17.0 Å². The lowest BCUT2D eigenvalue weighted by molar-refractivity contribution is 0.194. The van der Waals surface area contributed by atoms with Crippen molar-refractivity contribution in [3.8, 4) is 11.4 Å². The summed E-state index contributed by atoms with van der Waals surface area (Å²) in [6.07, 6.45) is 1.66. The van der Waals surface area contributed by atoms with E-state index in [9.17, 15) is 9.18 Å². The van der Waals surface area contributed by atoms with Crippen molar-refractivity contribution in [1.82, 2.24) is 25.0 Å². The summed E-state index contributed by atoms with van der Waals surface area (Å²) >= 11 is 0. The number of carbonyl (C=O) groups is 1. The first-order valence-corrected chi connectivity index (χ1v) is 10.5. The lowest BCUT2D eigenvalue weighted by Crippen LogP contribution is -2.51. The summed E-state index contributed by atoms with van der Waals surface area (Å²) in [4.78, 5) is 20.7. The Morgan fingerprint density at radius 3 is 2.56 bits per heavy atom. The van der Waals surface area contributed by atoms with Gasteiger partial charge in [-0.1, -0.05) is 12.1 Å². The van der Waals surface area contributed by atoms with E-state index >= 15 is 0 Å². The minimum atomic E-state index is -0.298. The largest absolute Gasteiger partial charge is 0.494 e. The van der Waals surface area contributed by atoms with E-state index < -0.39 is 0 Å². The van der Waals surface area contributed by atoms with Gasteiger partial charge in [-0.05, 0) is 37.6 Å². The van der Waals surface area contributed by atoms with Gasteiger partial charge in [0.05, 0.1) is 7.11 Å². The van der Waals surface area contributed by atoms with E-state index in [1.165, 1.54) is 6.07 Å². The molecule has 1 aliphatic rings. The zero-order valence-corrected chi connectivity index (χ0v) is 18.5. The fraction of sp³-hybridized carbons (Fsp3) is 0.348. The van der Waals surface area contributed by atoms with E-state index in [0.29, 0.717) is 43.3 Å². The Balaban J connectivity index is 1.35. The Labute approximate surface area is 186 Å². The molecular formula is C23H27FN6O2. The molecule has 0 saturated carbocycles. The molecule has 0 unspecified atom stereocenters. The molecule has 1 N–H and O–H groups in total. The molecule has 3 aromatic rings. The molecule has 9 heteroatoms. The van der Waals surface area contributed by atoms with Crippen molar-refractivity contribution in [2.24, 2.45) is 0 Å². The number of anilines is 1. The third kappa shape index (κ3) is 4.66. The third-order valence-electron chi connectivity index (χ3n) is 5.59. The van der Waals surface area contributed by atoms with Gasteiger partial charge in [-0.3, -0.25) is 0 Å². The van der Waals surface area contributed by atoms with Gasteiger partial charge in [-0.15, -0.1) is 0 Å². The molecule has 8 nitrogen and oxygen atoms in total. The molecule has 1 saturated heterocycles. The predicted octanol–water partition coefficient (Wildman–Crippen LogP) is 3.06. The average Bonchev–Trinajstić information content (AvgIpc) is 3.24. The van der Waals surface area contributed by atoms with Crippen LogP contribution in [0.25, 0.3) is 5.69 Å². The van der Waals surface area contributed by atoms with E-state index in [2.05, 4.69) is 20.3 Å². The topological polar surface area (TPSA) is 75.5 Å². The number of rotatable bonds is 5. The molecule has 0 bridgehead atoms. The Morgan fingerprint density at radius 2 is 1.91 bits per heavy atom. The Morgan fingerprint density at radius 1 is 1.12 bits per heavy atom. The van der Waals surface area contributed by atoms with E-state index in [4.69, 9.17) is 4.74 Å². The monoisotopic (exact) mass is 438 g/mol. The summed E-state index contributed by atoms with van der Waals surface area (Å²) < 4.78 is 21.3. The van der Waals surface area contributed by atoms with Crippen LogP contribution in [0.4, 0.5) is 14.9 Å². The average molecular weight is 439 g/mol. The van der Waals surface area contributed by atoms with Gasteiger partial charge in [0.15, 0.2) is 0 Å². The van der Waals surface area contributed by atoms with E-state index in [1.54, 1.807) is 29.1 Å². The summed E-state index contributed by atoms with van der Waals surface area (Å²) in [6.45, 7) is 6.39. The smallest absolute Gasteiger partial charge is 0.317 e. The summed E-state index contributed by atoms with van der Waals surface area (Å²) in [5, 5.41) is 7.17. The number of nitrogens with one attached hydrogen (secondary N) is 1. The number of urea groups is 1. The number of methoxy groups -OCH3 is 1. The van der Waals surface area contributed by atoms with Gasteiger partial charge in [0.1, 0.15) is 29.4 Å². The second-order valence-corrected chi connectivity index (χ2v) is 7.82. The van der Waals surface area contributed by atoms with Crippen molar-refractivity contribution in [1.29, 1.82) is 0 Å². The maximum atomic E-state index is 14.0. The molecule has 2 aromatic carbocycles. The van der Waals surface area contributed by atoms with E-state index in [-0.39, 0.29) is 18.4 Å². The molecule has 0 atom stereocenters. The van der Waals surface area contributed by atoms with Crippen LogP contribution >= 0.6 is 0 Å². The maximum Gasteiger partial charge on any atom is 0.317 e. The van der Waals surface area contributed by atoms with Crippen LogP contribution in [0, 0.1) is 19.7 Å². The first-order chi connectivity index (χ1) is 15.4. The van der Waals surface area contributed by atoms with Crippen LogP contribution in [-0.2, 0) is 6.54 Å². The maximum absolute atomic E-state index is 14.0. The first-order valence-electron chi connectivity index (χ1n) is 10.5. The zero-order chi connectivity index (χ0) is 22.7. The molecule has 1 aromatic heterocycles. The first kappa shape index (κ1) is 21.6. The molecule has 1 aliphatic heterocycles. The van der Waals surface area contributed by atoms with Gasteiger partial charge in [-0.2, -0.15) is 5.10 Å². The van der Waals surface area contributed by atoms with Gasteiger partial charge >= 0.3 is 6.03 Å². The molecule has 4 rings (SSSR count).